The van der Waals surface area contributed by atoms with Crippen LogP contribution in [0.25, 0.3) is 0 Å². The fourth-order valence-corrected chi connectivity index (χ4v) is 4.35. The second-order valence-corrected chi connectivity index (χ2v) is 8.13. The molecule has 1 atom stereocenters. The minimum atomic E-state index is -4.75. The summed E-state index contributed by atoms with van der Waals surface area (Å²) in [6.45, 7) is 6.58. The second kappa shape index (κ2) is 9.96. The van der Waals surface area contributed by atoms with Crippen LogP contribution < -0.4 is 10.1 Å². The maximum Gasteiger partial charge on any atom is 0.573 e. The molecule has 1 N–H and O–H groups in total. The minimum Gasteiger partial charge on any atom is -0.405 e. The molecule has 0 saturated carbocycles. The number of alkyl halides is 3. The summed E-state index contributed by atoms with van der Waals surface area (Å²) in [6.07, 6.45) is -0.934. The molecule has 2 aromatic rings. The maximum absolute atomic E-state index is 13.2. The maximum atomic E-state index is 13.2. The Balaban J connectivity index is 1.50. The fraction of sp³-hybridized carbons (Fsp3) is 0.478. The Bertz CT molecular complexity index is 999. The van der Waals surface area contributed by atoms with Crippen LogP contribution >= 0.6 is 0 Å². The van der Waals surface area contributed by atoms with Crippen LogP contribution in [0.1, 0.15) is 33.7 Å². The summed E-state index contributed by atoms with van der Waals surface area (Å²) >= 11 is 0. The van der Waals surface area contributed by atoms with Gasteiger partial charge in [-0.05, 0) is 25.3 Å². The predicted molar refractivity (Wildman–Crippen MR) is 115 cm³/mol. The van der Waals surface area contributed by atoms with Crippen molar-refractivity contribution in [2.45, 2.75) is 44.8 Å². The Morgan fingerprint density at radius 3 is 2.79 bits per heavy atom. The lowest BCUT2D eigenvalue weighted by Crippen LogP contribution is -2.41. The van der Waals surface area contributed by atoms with Crippen molar-refractivity contribution in [3.05, 3.63) is 59.4 Å². The summed E-state index contributed by atoms with van der Waals surface area (Å²) in [7, 11) is 0. The molecule has 1 amide bonds. The SMILES string of the molecule is C=CCn1nc(C(=O)N2CCOCC2)c2c1CC[C@@H](NCc1ccccc1OC(F)(F)F)C2. The number of hydrogen-bond acceptors (Lipinski definition) is 5. The van der Waals surface area contributed by atoms with Crippen LogP contribution in [0.4, 0.5) is 13.2 Å². The lowest BCUT2D eigenvalue weighted by molar-refractivity contribution is -0.274. The number of para-hydroxylation sites is 1. The molecule has 33 heavy (non-hydrogen) atoms. The molecule has 1 aliphatic carbocycles. The number of nitrogens with one attached hydrogen (secondary N) is 1. The summed E-state index contributed by atoms with van der Waals surface area (Å²) in [5.41, 5.74) is 2.79. The molecule has 4 rings (SSSR count). The normalized spacial score (nSPS) is 18.6. The van der Waals surface area contributed by atoms with E-state index in [2.05, 4.69) is 21.7 Å². The second-order valence-electron chi connectivity index (χ2n) is 8.13. The molecule has 7 nitrogen and oxygen atoms in total. The van der Waals surface area contributed by atoms with Gasteiger partial charge in [-0.1, -0.05) is 24.3 Å². The van der Waals surface area contributed by atoms with Gasteiger partial charge >= 0.3 is 6.36 Å². The van der Waals surface area contributed by atoms with E-state index < -0.39 is 6.36 Å². The Kier molecular flexibility index (Phi) is 7.04. The molecule has 1 aromatic heterocycles. The first-order valence-electron chi connectivity index (χ1n) is 11.0. The number of allylic oxidation sites excluding steroid dienone is 1. The number of rotatable bonds is 7. The van der Waals surface area contributed by atoms with Gasteiger partial charge in [0.15, 0.2) is 5.69 Å². The van der Waals surface area contributed by atoms with Crippen molar-refractivity contribution in [2.75, 3.05) is 26.3 Å². The average Bonchev–Trinajstić information content (AvgIpc) is 3.15. The molecule has 1 aliphatic heterocycles. The molecule has 2 heterocycles. The van der Waals surface area contributed by atoms with E-state index in [1.165, 1.54) is 12.1 Å². The number of ether oxygens (including phenoxy) is 2. The van der Waals surface area contributed by atoms with Crippen molar-refractivity contribution in [3.8, 4) is 5.75 Å². The van der Waals surface area contributed by atoms with Gasteiger partial charge in [-0.2, -0.15) is 5.10 Å². The van der Waals surface area contributed by atoms with Gasteiger partial charge in [-0.25, -0.2) is 0 Å². The van der Waals surface area contributed by atoms with E-state index in [1.807, 2.05) is 4.68 Å². The van der Waals surface area contributed by atoms with E-state index in [-0.39, 0.29) is 24.2 Å². The van der Waals surface area contributed by atoms with Crippen LogP contribution in [-0.2, 0) is 30.7 Å². The Morgan fingerprint density at radius 2 is 2.06 bits per heavy atom. The number of aromatic nitrogens is 2. The number of hydrogen-bond donors (Lipinski definition) is 1. The monoisotopic (exact) mass is 464 g/mol. The van der Waals surface area contributed by atoms with Crippen LogP contribution in [0, 0.1) is 0 Å². The topological polar surface area (TPSA) is 68.6 Å². The number of fused-ring (bicyclic) bond motifs is 1. The van der Waals surface area contributed by atoms with E-state index in [0.717, 1.165) is 17.7 Å². The summed E-state index contributed by atoms with van der Waals surface area (Å²) in [6, 6.07) is 6.10. The first-order valence-corrected chi connectivity index (χ1v) is 11.0. The molecule has 1 aromatic carbocycles. The highest BCUT2D eigenvalue weighted by Gasteiger charge is 2.33. The highest BCUT2D eigenvalue weighted by atomic mass is 19.4. The average molecular weight is 464 g/mol. The van der Waals surface area contributed by atoms with Crippen LogP contribution in [0.15, 0.2) is 36.9 Å². The van der Waals surface area contributed by atoms with Crippen molar-refractivity contribution in [1.29, 1.82) is 0 Å². The van der Waals surface area contributed by atoms with Crippen molar-refractivity contribution in [2.24, 2.45) is 0 Å². The van der Waals surface area contributed by atoms with Gasteiger partial charge in [0.25, 0.3) is 5.91 Å². The third kappa shape index (κ3) is 5.56. The number of carbonyl (C=O) groups excluding carboxylic acids is 1. The largest absolute Gasteiger partial charge is 0.573 e. The van der Waals surface area contributed by atoms with Crippen LogP contribution in [0.2, 0.25) is 0 Å². The number of benzene rings is 1. The van der Waals surface area contributed by atoms with Gasteiger partial charge in [0.05, 0.1) is 19.8 Å². The molecular weight excluding hydrogens is 437 g/mol. The molecule has 10 heteroatoms. The first-order chi connectivity index (χ1) is 15.9. The van der Waals surface area contributed by atoms with Crippen LogP contribution in [0.5, 0.6) is 5.75 Å². The van der Waals surface area contributed by atoms with E-state index in [0.29, 0.717) is 56.9 Å². The number of halogens is 3. The number of morpholine rings is 1. The summed E-state index contributed by atoms with van der Waals surface area (Å²) < 4.78 is 49.5. The molecule has 2 aliphatic rings. The predicted octanol–water partition coefficient (Wildman–Crippen LogP) is 3.09. The molecule has 0 bridgehead atoms. The quantitative estimate of drug-likeness (QED) is 0.638. The van der Waals surface area contributed by atoms with E-state index in [1.54, 1.807) is 23.1 Å². The Labute approximate surface area is 190 Å². The first kappa shape index (κ1) is 23.3. The summed E-state index contributed by atoms with van der Waals surface area (Å²) in [4.78, 5) is 14.9. The third-order valence-electron chi connectivity index (χ3n) is 5.93. The van der Waals surface area contributed by atoms with E-state index in [9.17, 15) is 18.0 Å². The lowest BCUT2D eigenvalue weighted by Gasteiger charge is -2.28. The molecule has 0 radical (unpaired) electrons. The van der Waals surface area contributed by atoms with Crippen molar-refractivity contribution < 1.29 is 27.4 Å². The zero-order chi connectivity index (χ0) is 23.4. The molecule has 1 saturated heterocycles. The molecule has 0 unspecified atom stereocenters. The van der Waals surface area contributed by atoms with E-state index >= 15 is 0 Å². The van der Waals surface area contributed by atoms with Gasteiger partial charge in [0, 0.05) is 42.5 Å². The molecule has 0 spiro atoms. The van der Waals surface area contributed by atoms with Crippen molar-refractivity contribution >= 4 is 5.91 Å². The van der Waals surface area contributed by atoms with E-state index in [4.69, 9.17) is 4.74 Å². The zero-order valence-corrected chi connectivity index (χ0v) is 18.2. The zero-order valence-electron chi connectivity index (χ0n) is 18.2. The van der Waals surface area contributed by atoms with Gasteiger partial charge in [-0.15, -0.1) is 19.8 Å². The molecule has 178 valence electrons. The highest BCUT2D eigenvalue weighted by Crippen LogP contribution is 2.29. The smallest absolute Gasteiger partial charge is 0.405 e. The highest BCUT2D eigenvalue weighted by molar-refractivity contribution is 5.94. The minimum absolute atomic E-state index is 0.00550. The third-order valence-corrected chi connectivity index (χ3v) is 5.93. The van der Waals surface area contributed by atoms with Crippen molar-refractivity contribution in [3.63, 3.8) is 0 Å². The fourth-order valence-electron chi connectivity index (χ4n) is 4.35. The Hall–Kier alpha value is -2.85. The van der Waals surface area contributed by atoms with Gasteiger partial charge in [-0.3, -0.25) is 9.48 Å². The number of nitrogens with zero attached hydrogens (tertiary/aromatic N) is 3. The van der Waals surface area contributed by atoms with Gasteiger partial charge in [0.2, 0.25) is 0 Å². The standard InChI is InChI=1S/C23H27F3N4O3/c1-2-9-30-19-8-7-17(27-15-16-5-3-4-6-20(16)33-23(24,25)26)14-18(19)21(28-30)22(31)29-10-12-32-13-11-29/h2-6,17,27H,1,7-15H2/t17-/m1/s1. The molecule has 1 fully saturated rings. The van der Waals surface area contributed by atoms with Gasteiger partial charge in [0.1, 0.15) is 5.75 Å². The number of carbonyl (C=O) groups is 1. The summed E-state index contributed by atoms with van der Waals surface area (Å²) in [5.74, 6) is -0.321. The van der Waals surface area contributed by atoms with Crippen LogP contribution in [-0.4, -0.2) is 59.3 Å². The van der Waals surface area contributed by atoms with Crippen LogP contribution in [0.3, 0.4) is 0 Å². The van der Waals surface area contributed by atoms with Gasteiger partial charge < -0.3 is 19.7 Å². The van der Waals surface area contributed by atoms with Crippen molar-refractivity contribution in [1.82, 2.24) is 20.0 Å². The lowest BCUT2D eigenvalue weighted by atomic mass is 9.90. The Morgan fingerprint density at radius 1 is 1.30 bits per heavy atom. The number of amides is 1. The summed E-state index contributed by atoms with van der Waals surface area (Å²) in [5, 5.41) is 7.95. The molecular formula is C23H27F3N4O3.